The summed E-state index contributed by atoms with van der Waals surface area (Å²) in [7, 11) is 4.40. The first-order valence-corrected chi connectivity index (χ1v) is 60.3. The summed E-state index contributed by atoms with van der Waals surface area (Å²) < 4.78 is 14.6. The molecule has 0 spiro atoms. The van der Waals surface area contributed by atoms with E-state index in [2.05, 4.69) is 131 Å². The van der Waals surface area contributed by atoms with Gasteiger partial charge in [0.25, 0.3) is 0 Å². The molecule has 0 aromatic rings. The lowest BCUT2D eigenvalue weighted by Crippen LogP contribution is -2.58. The van der Waals surface area contributed by atoms with E-state index in [0.717, 1.165) is 169 Å². The van der Waals surface area contributed by atoms with E-state index < -0.39 is 11.9 Å². The van der Waals surface area contributed by atoms with Gasteiger partial charge in [-0.1, -0.05) is 158 Å². The van der Waals surface area contributed by atoms with Gasteiger partial charge in [0.15, 0.2) is 5.78 Å². The second-order valence-corrected chi connectivity index (χ2v) is 57.6. The Hall–Kier alpha value is -3.77. The van der Waals surface area contributed by atoms with E-state index in [1.54, 1.807) is 0 Å². The second kappa shape index (κ2) is 45.6. The number of carboxylic acids is 2. The number of aliphatic hydroxyl groups is 5. The first kappa shape index (κ1) is 117. The fourth-order valence-electron chi connectivity index (χ4n) is 43.4. The number of fused-ring (bicyclic) bond motifs is 25. The number of aliphatic carboxylic acids is 2. The van der Waals surface area contributed by atoms with Gasteiger partial charge in [-0.2, -0.15) is 0 Å². The lowest BCUT2D eigenvalue weighted by Gasteiger charge is -2.62. The zero-order chi connectivity index (χ0) is 103. The number of hydrogen-bond acceptors (Lipinski definition) is 15. The molecule has 20 rings (SSSR count). The predicted molar refractivity (Wildman–Crippen MR) is 577 cm³/mol. The number of hydrogen-bond donors (Lipinski definition) is 7. The summed E-state index contributed by atoms with van der Waals surface area (Å²) in [5, 5.41) is 73.1. The van der Waals surface area contributed by atoms with E-state index in [4.69, 9.17) is 24.4 Å². The molecule has 0 bridgehead atoms. The standard InChI is InChI=1S/C26H44O3.C26H42O3.C26H40O3.2C24H40O4.2CH4/c3*1-16-12-13-25(3)18(14-16)7-8-19-21-10-9-20(17(2)6-11-24(28)29-5)26(21,4)23(27)15-22(19)25;2*1-14(4-9-22(27)28)18-7-8-19-17-6-5-15-12-16(25)10-11-23(15,2)20(17)13-21(26)24(18,19)3;;/h16-23,27H,6-15H2,1-5H3;16-22H,6-15H2,1-5H3;15-21H,6-14H2,1-5H3;2*14-21,25-26H,4-13H2,1-3H3,(H,27,28);2*1H4/t16-,17-,18-,19?,20?,21?,22?,23+,25+,26-;16-,17-,18-,19?,20?,21?,22?,25+,26-;16-,17-,18-,19?,20?,21?,25+,26-;2*14-,15-,16-,17?,18?,19?,20?,21+,23+,24-;;/m11111../s1. The van der Waals surface area contributed by atoms with Crippen LogP contribution in [0.3, 0.4) is 0 Å². The summed E-state index contributed by atoms with van der Waals surface area (Å²) in [6.07, 6.45) is 53.7. The lowest BCUT2D eigenvalue weighted by atomic mass is 9.43. The molecule has 0 radical (unpaired) electrons. The summed E-state index contributed by atoms with van der Waals surface area (Å²) >= 11 is 0. The van der Waals surface area contributed by atoms with E-state index >= 15 is 0 Å². The summed E-state index contributed by atoms with van der Waals surface area (Å²) in [6.45, 7) is 42.6. The van der Waals surface area contributed by atoms with Crippen LogP contribution in [-0.4, -0.2) is 129 Å². The van der Waals surface area contributed by atoms with Crippen molar-refractivity contribution in [2.24, 2.45) is 244 Å². The molecule has 0 aliphatic heterocycles. The van der Waals surface area contributed by atoms with Crippen molar-refractivity contribution < 1.29 is 83.5 Å². The third kappa shape index (κ3) is 21.0. The van der Waals surface area contributed by atoms with Gasteiger partial charge in [-0.3, -0.25) is 33.6 Å². The van der Waals surface area contributed by atoms with E-state index in [9.17, 15) is 59.1 Å². The van der Waals surface area contributed by atoms with Crippen molar-refractivity contribution >= 4 is 41.4 Å². The number of carbonyl (C=O) groups excluding carboxylic acids is 5. The zero-order valence-corrected chi connectivity index (χ0v) is 93.8. The number of methoxy groups -OCH3 is 3. The highest BCUT2D eigenvalue weighted by molar-refractivity contribution is 5.97. The summed E-state index contributed by atoms with van der Waals surface area (Å²) in [4.78, 5) is 84.5. The molecule has 47 atom stereocenters. The fourth-order valence-corrected chi connectivity index (χ4v) is 43.4. The molecule has 19 saturated carbocycles. The van der Waals surface area contributed by atoms with E-state index in [-0.39, 0.29) is 119 Å². The van der Waals surface area contributed by atoms with Crippen LogP contribution in [-0.2, 0) is 47.8 Å². The minimum absolute atomic E-state index is 0. The number of esters is 3. The van der Waals surface area contributed by atoms with Crippen LogP contribution in [0, 0.1) is 244 Å². The molecular weight excluding hydrogens is 1810 g/mol. The van der Waals surface area contributed by atoms with Crippen LogP contribution in [0.4, 0.5) is 0 Å². The molecule has 19 unspecified atom stereocenters. The number of carbonyl (C=O) groups is 7. The average Bonchev–Trinajstić information content (AvgIpc) is 1.61. The first-order chi connectivity index (χ1) is 67.5. The molecule has 0 amide bonds. The third-order valence-electron chi connectivity index (χ3n) is 52.0. The van der Waals surface area contributed by atoms with E-state index in [1.165, 1.54) is 187 Å². The van der Waals surface area contributed by atoms with Gasteiger partial charge in [-0.15, -0.1) is 0 Å². The number of carboxylic acid groups (broad SMARTS) is 2. The molecule has 145 heavy (non-hydrogen) atoms. The summed E-state index contributed by atoms with van der Waals surface area (Å²) in [6, 6.07) is 0. The highest BCUT2D eigenvalue weighted by Crippen LogP contribution is 2.76. The molecule has 0 saturated heterocycles. The predicted octanol–water partition coefficient (Wildman–Crippen LogP) is 28.1. The molecule has 0 aromatic carbocycles. The number of allylic oxidation sites excluding steroid dienone is 2. The Morgan fingerprint density at radius 3 is 0.993 bits per heavy atom. The maximum Gasteiger partial charge on any atom is 0.305 e. The Balaban J connectivity index is 0.000000143. The molecular formula is C128H214O17. The molecule has 0 heterocycles. The van der Waals surface area contributed by atoms with Crippen molar-refractivity contribution in [1.29, 1.82) is 0 Å². The second-order valence-electron chi connectivity index (χ2n) is 57.6. The van der Waals surface area contributed by atoms with Crippen molar-refractivity contribution in [2.75, 3.05) is 21.3 Å². The average molecular weight is 2030 g/mol. The normalized spacial score (nSPS) is 48.5. The van der Waals surface area contributed by atoms with Gasteiger partial charge in [-0.25, -0.2) is 0 Å². The van der Waals surface area contributed by atoms with Gasteiger partial charge in [0, 0.05) is 49.4 Å². The third-order valence-corrected chi connectivity index (χ3v) is 52.0. The van der Waals surface area contributed by atoms with Crippen LogP contribution in [0.5, 0.6) is 0 Å². The maximum absolute atomic E-state index is 13.8. The van der Waals surface area contributed by atoms with Gasteiger partial charge in [0.1, 0.15) is 5.78 Å². The number of ketones is 2. The SMILES string of the molecule is C.C.COC(=O)CC[C@@H](C)C1CCC2C3CC[C@@H]4C[C@H](C)CC[C@]4(C)C3=CC(=O)[C@@]21C.COC(=O)CC[C@@H](C)C1CCC2C3CC[C@@H]4C[C@H](C)CC[C@]4(C)C3CC(=O)[C@@]21C.COC(=O)CC[C@@H](C)C1CCC2C3CC[C@@H]4C[C@H](C)CC[C@]4(C)C3C[C@H](O)[C@@]21C.C[C@H](CCC(=O)O)C1CCC2C3CC[C@@H]4C[C@H](O)CC[C@]4(C)C3C[C@H](O)[C@@]21C.C[C@H](CCC(=O)O)C1CCC2C3CC[C@@H]4C[C@H](O)CC[C@]4(C)C3C[C@H](O)[C@@]21C. The molecule has 17 nitrogen and oxygen atoms in total. The highest BCUT2D eigenvalue weighted by atomic mass is 16.5. The van der Waals surface area contributed by atoms with Gasteiger partial charge >= 0.3 is 29.8 Å². The van der Waals surface area contributed by atoms with Gasteiger partial charge < -0.3 is 50.0 Å². The number of aliphatic hydroxyl groups excluding tert-OH is 5. The number of Topliss-reactive ketones (excluding diaryl/α,β-unsaturated/α-hetero) is 1. The Kier molecular flexibility index (Phi) is 36.7. The lowest BCUT2D eigenvalue weighted by molar-refractivity contribution is -0.175. The number of rotatable bonds is 20. The van der Waals surface area contributed by atoms with Crippen LogP contribution in [0.1, 0.15) is 454 Å². The smallest absolute Gasteiger partial charge is 0.305 e. The Labute approximate surface area is 880 Å². The zero-order valence-electron chi connectivity index (χ0n) is 93.8. The summed E-state index contributed by atoms with van der Waals surface area (Å²) in [5.74, 6) is 18.6. The van der Waals surface area contributed by atoms with Crippen molar-refractivity contribution in [1.82, 2.24) is 0 Å². The van der Waals surface area contributed by atoms with Gasteiger partial charge in [0.2, 0.25) is 0 Å². The monoisotopic (exact) mass is 2020 g/mol. The topological polar surface area (TPSA) is 289 Å². The fraction of sp³-hybridized carbons (Fsp3) is 0.930. The van der Waals surface area contributed by atoms with Gasteiger partial charge in [-0.05, 0) is 502 Å². The van der Waals surface area contributed by atoms with Crippen molar-refractivity contribution in [3.05, 3.63) is 11.6 Å². The van der Waals surface area contributed by atoms with Crippen LogP contribution < -0.4 is 0 Å². The van der Waals surface area contributed by atoms with E-state index in [1.807, 2.05) is 0 Å². The van der Waals surface area contributed by atoms with Crippen molar-refractivity contribution in [2.45, 2.75) is 485 Å². The van der Waals surface area contributed by atoms with Crippen LogP contribution >= 0.6 is 0 Å². The first-order valence-electron chi connectivity index (χ1n) is 60.3. The molecule has 0 aromatic heterocycles. The van der Waals surface area contributed by atoms with Crippen LogP contribution in [0.2, 0.25) is 0 Å². The molecule has 7 N–H and O–H groups in total. The van der Waals surface area contributed by atoms with E-state index in [0.29, 0.717) is 184 Å². The van der Waals surface area contributed by atoms with Crippen LogP contribution in [0.15, 0.2) is 11.6 Å². The largest absolute Gasteiger partial charge is 0.481 e. The Morgan fingerprint density at radius 2 is 0.621 bits per heavy atom. The summed E-state index contributed by atoms with van der Waals surface area (Å²) in [5.41, 5.74) is 2.67. The van der Waals surface area contributed by atoms with Gasteiger partial charge in [0.05, 0.1) is 51.8 Å². The highest BCUT2D eigenvalue weighted by Gasteiger charge is 2.71. The molecule has 20 aliphatic carbocycles. The molecule has 19 fully saturated rings. The molecule has 828 valence electrons. The Bertz CT molecular complexity index is 4360. The van der Waals surface area contributed by atoms with Crippen LogP contribution in [0.25, 0.3) is 0 Å². The maximum atomic E-state index is 13.8. The minimum Gasteiger partial charge on any atom is -0.481 e. The number of ether oxygens (including phenoxy) is 3. The minimum atomic E-state index is -0.707. The quantitative estimate of drug-likeness (QED) is 0.0440. The molecule has 20 aliphatic rings. The van der Waals surface area contributed by atoms with Crippen molar-refractivity contribution in [3.63, 3.8) is 0 Å². The Morgan fingerprint density at radius 1 is 0.324 bits per heavy atom. The van der Waals surface area contributed by atoms with Crippen molar-refractivity contribution in [3.8, 4) is 0 Å². The molecule has 17 heteroatoms.